The molecule has 1 N–H and O–H groups in total. The van der Waals surface area contributed by atoms with E-state index in [0.717, 1.165) is 56.8 Å². The van der Waals surface area contributed by atoms with E-state index in [1.54, 1.807) is 0 Å². The first-order chi connectivity index (χ1) is 13.7. The number of rotatable bonds is 7. The summed E-state index contributed by atoms with van der Waals surface area (Å²) >= 11 is 0. The van der Waals surface area contributed by atoms with Crippen molar-refractivity contribution in [3.05, 3.63) is 77.9 Å². The molecule has 3 nitrogen and oxygen atoms in total. The van der Waals surface area contributed by atoms with Crippen molar-refractivity contribution >= 4 is 0 Å². The molecule has 1 heterocycles. The Balaban J connectivity index is 1.17. The fourth-order valence-electron chi connectivity index (χ4n) is 4.38. The highest BCUT2D eigenvalue weighted by Crippen LogP contribution is 2.32. The van der Waals surface area contributed by atoms with E-state index in [0.29, 0.717) is 5.92 Å². The number of hydrogen-bond donors (Lipinski definition) is 1. The highest BCUT2D eigenvalue weighted by molar-refractivity contribution is 5.32. The topological polar surface area (TPSA) is 32.7 Å². The number of aliphatic hydroxyl groups is 1. The predicted octanol–water partition coefficient (Wildman–Crippen LogP) is 4.87. The van der Waals surface area contributed by atoms with Gasteiger partial charge in [-0.15, -0.1) is 0 Å². The monoisotopic (exact) mass is 377 g/mol. The molecule has 2 aromatic carbocycles. The van der Waals surface area contributed by atoms with Crippen LogP contribution < -0.4 is 4.74 Å². The number of allylic oxidation sites excluding steroid dienone is 2. The fourth-order valence-corrected chi connectivity index (χ4v) is 4.38. The van der Waals surface area contributed by atoms with E-state index < -0.39 is 5.60 Å². The average molecular weight is 378 g/mol. The molecule has 1 unspecified atom stereocenters. The van der Waals surface area contributed by atoms with Gasteiger partial charge in [0.1, 0.15) is 5.75 Å². The van der Waals surface area contributed by atoms with Crippen LogP contribution in [0.25, 0.3) is 0 Å². The molecule has 148 valence electrons. The first-order valence-electron chi connectivity index (χ1n) is 10.6. The van der Waals surface area contributed by atoms with Crippen LogP contribution in [-0.4, -0.2) is 36.2 Å². The van der Waals surface area contributed by atoms with Gasteiger partial charge in [0.15, 0.2) is 0 Å². The van der Waals surface area contributed by atoms with Crippen molar-refractivity contribution in [2.75, 3.05) is 26.2 Å². The van der Waals surface area contributed by atoms with E-state index in [4.69, 9.17) is 4.74 Å². The molecular formula is C25H31NO2. The Hall–Kier alpha value is -2.10. The lowest BCUT2D eigenvalue weighted by Gasteiger charge is -2.38. The number of likely N-dealkylation sites (tertiary alicyclic amines) is 1. The second-order valence-electron chi connectivity index (χ2n) is 8.12. The lowest BCUT2D eigenvalue weighted by atomic mass is 9.84. The van der Waals surface area contributed by atoms with Crippen LogP contribution in [0.4, 0.5) is 0 Å². The number of nitrogens with zero attached hydrogens (tertiary/aromatic N) is 1. The number of hydrogen-bond acceptors (Lipinski definition) is 3. The normalized spacial score (nSPS) is 21.7. The standard InChI is InChI=1S/C25H31NO2/c27-25(23-9-2-1-3-10-23)15-18-26(19-16-25)17-6-20-28-24-13-11-22(12-14-24)21-7-4-5-8-21/h1-4,7,9-14,21,27H,5-6,8,15-20H2. The van der Waals surface area contributed by atoms with Gasteiger partial charge in [-0.1, -0.05) is 54.6 Å². The van der Waals surface area contributed by atoms with Crippen molar-refractivity contribution in [2.45, 2.75) is 43.6 Å². The molecule has 4 rings (SSSR count). The van der Waals surface area contributed by atoms with Gasteiger partial charge < -0.3 is 14.7 Å². The molecule has 1 atom stereocenters. The number of benzene rings is 2. The molecule has 0 aromatic heterocycles. The summed E-state index contributed by atoms with van der Waals surface area (Å²) in [5, 5.41) is 10.9. The highest BCUT2D eigenvalue weighted by atomic mass is 16.5. The first kappa shape index (κ1) is 19.2. The van der Waals surface area contributed by atoms with Crippen LogP contribution in [0, 0.1) is 0 Å². The van der Waals surface area contributed by atoms with Gasteiger partial charge in [-0.05, 0) is 55.4 Å². The van der Waals surface area contributed by atoms with Crippen LogP contribution in [0.1, 0.15) is 49.1 Å². The van der Waals surface area contributed by atoms with Gasteiger partial charge in [0.2, 0.25) is 0 Å². The van der Waals surface area contributed by atoms with Gasteiger partial charge >= 0.3 is 0 Å². The zero-order valence-electron chi connectivity index (χ0n) is 16.6. The van der Waals surface area contributed by atoms with Gasteiger partial charge in [0.25, 0.3) is 0 Å². The second kappa shape index (κ2) is 8.93. The van der Waals surface area contributed by atoms with Crippen molar-refractivity contribution in [3.63, 3.8) is 0 Å². The molecule has 2 aromatic rings. The molecule has 0 radical (unpaired) electrons. The molecule has 28 heavy (non-hydrogen) atoms. The molecule has 0 saturated carbocycles. The minimum atomic E-state index is -0.662. The summed E-state index contributed by atoms with van der Waals surface area (Å²) < 4.78 is 5.93. The Kier molecular flexibility index (Phi) is 6.13. The SMILES string of the molecule is OC1(c2ccccc2)CCN(CCCOc2ccc(C3C=CCC3)cc2)CC1. The van der Waals surface area contributed by atoms with E-state index in [-0.39, 0.29) is 0 Å². The lowest BCUT2D eigenvalue weighted by molar-refractivity contribution is -0.0264. The van der Waals surface area contributed by atoms with E-state index in [1.807, 2.05) is 30.3 Å². The summed E-state index contributed by atoms with van der Waals surface area (Å²) in [5.41, 5.74) is 1.78. The highest BCUT2D eigenvalue weighted by Gasteiger charge is 2.33. The summed E-state index contributed by atoms with van der Waals surface area (Å²) in [7, 11) is 0. The maximum Gasteiger partial charge on any atom is 0.119 e. The van der Waals surface area contributed by atoms with Crippen molar-refractivity contribution in [2.24, 2.45) is 0 Å². The van der Waals surface area contributed by atoms with Crippen LogP contribution in [0.3, 0.4) is 0 Å². The average Bonchev–Trinajstić information content (AvgIpc) is 3.29. The third-order valence-corrected chi connectivity index (χ3v) is 6.20. The fraction of sp³-hybridized carbons (Fsp3) is 0.440. The maximum atomic E-state index is 10.9. The molecule has 1 fully saturated rings. The minimum absolute atomic E-state index is 0.586. The van der Waals surface area contributed by atoms with Crippen molar-refractivity contribution in [3.8, 4) is 5.75 Å². The molecular weight excluding hydrogens is 346 g/mol. The molecule has 1 saturated heterocycles. The van der Waals surface area contributed by atoms with Crippen LogP contribution in [0.15, 0.2) is 66.7 Å². The van der Waals surface area contributed by atoms with Crippen LogP contribution in [0.5, 0.6) is 5.75 Å². The van der Waals surface area contributed by atoms with E-state index in [1.165, 1.54) is 18.4 Å². The second-order valence-corrected chi connectivity index (χ2v) is 8.12. The van der Waals surface area contributed by atoms with Crippen molar-refractivity contribution in [1.29, 1.82) is 0 Å². The van der Waals surface area contributed by atoms with E-state index in [9.17, 15) is 5.11 Å². The zero-order chi connectivity index (χ0) is 19.2. The summed E-state index contributed by atoms with van der Waals surface area (Å²) in [5.74, 6) is 1.55. The third kappa shape index (κ3) is 4.65. The first-order valence-corrected chi connectivity index (χ1v) is 10.6. The smallest absolute Gasteiger partial charge is 0.119 e. The van der Waals surface area contributed by atoms with Gasteiger partial charge in [0.05, 0.1) is 12.2 Å². The molecule has 3 heteroatoms. The minimum Gasteiger partial charge on any atom is -0.494 e. The molecule has 0 amide bonds. The Morgan fingerprint density at radius 3 is 2.43 bits per heavy atom. The summed E-state index contributed by atoms with van der Waals surface area (Å²) in [4.78, 5) is 2.44. The van der Waals surface area contributed by atoms with Crippen LogP contribution in [-0.2, 0) is 5.60 Å². The van der Waals surface area contributed by atoms with Gasteiger partial charge in [-0.2, -0.15) is 0 Å². The van der Waals surface area contributed by atoms with E-state index in [2.05, 4.69) is 41.3 Å². The Labute approximate surface area is 168 Å². The summed E-state index contributed by atoms with van der Waals surface area (Å²) in [6.07, 6.45) is 9.63. The molecule has 0 bridgehead atoms. The van der Waals surface area contributed by atoms with Crippen LogP contribution in [0.2, 0.25) is 0 Å². The largest absolute Gasteiger partial charge is 0.494 e. The van der Waals surface area contributed by atoms with Gasteiger partial charge in [-0.25, -0.2) is 0 Å². The zero-order valence-corrected chi connectivity index (χ0v) is 16.6. The van der Waals surface area contributed by atoms with Gasteiger partial charge in [-0.3, -0.25) is 0 Å². The Morgan fingerprint density at radius 1 is 1.00 bits per heavy atom. The number of ether oxygens (including phenoxy) is 1. The number of piperidine rings is 1. The van der Waals surface area contributed by atoms with Gasteiger partial charge in [0, 0.05) is 25.6 Å². The quantitative estimate of drug-likeness (QED) is 0.552. The van der Waals surface area contributed by atoms with Crippen molar-refractivity contribution < 1.29 is 9.84 Å². The Morgan fingerprint density at radius 2 is 1.75 bits per heavy atom. The van der Waals surface area contributed by atoms with Crippen molar-refractivity contribution in [1.82, 2.24) is 4.90 Å². The van der Waals surface area contributed by atoms with Crippen LogP contribution >= 0.6 is 0 Å². The van der Waals surface area contributed by atoms with E-state index >= 15 is 0 Å². The third-order valence-electron chi connectivity index (χ3n) is 6.20. The molecule has 2 aliphatic rings. The molecule has 1 aliphatic heterocycles. The Bertz CT molecular complexity index is 761. The molecule has 0 spiro atoms. The lowest BCUT2D eigenvalue weighted by Crippen LogP contribution is -2.43. The summed E-state index contributed by atoms with van der Waals surface area (Å²) in [6, 6.07) is 18.7. The molecule has 1 aliphatic carbocycles. The summed E-state index contributed by atoms with van der Waals surface area (Å²) in [6.45, 7) is 3.64. The maximum absolute atomic E-state index is 10.9. The predicted molar refractivity (Wildman–Crippen MR) is 114 cm³/mol.